The lowest BCUT2D eigenvalue weighted by Crippen LogP contribution is -2.18. The molecule has 0 radical (unpaired) electrons. The van der Waals surface area contributed by atoms with Crippen molar-refractivity contribution in [1.29, 1.82) is 0 Å². The SMILES string of the molecule is Cc1ccc(Cn2nccc2NC(=O)Cc2ccc(Cl)c(Cl)c2)cc1. The molecule has 4 nitrogen and oxygen atoms in total. The molecule has 0 aliphatic rings. The molecule has 0 saturated carbocycles. The van der Waals surface area contributed by atoms with E-state index in [2.05, 4.69) is 34.7 Å². The van der Waals surface area contributed by atoms with Crippen LogP contribution >= 0.6 is 23.2 Å². The van der Waals surface area contributed by atoms with Crippen molar-refractivity contribution in [3.63, 3.8) is 0 Å². The van der Waals surface area contributed by atoms with Crippen LogP contribution < -0.4 is 5.32 Å². The summed E-state index contributed by atoms with van der Waals surface area (Å²) in [6.07, 6.45) is 1.88. The fourth-order valence-corrected chi connectivity index (χ4v) is 2.77. The zero-order valence-electron chi connectivity index (χ0n) is 13.7. The Morgan fingerprint density at radius 2 is 1.76 bits per heavy atom. The number of carbonyl (C=O) groups is 1. The van der Waals surface area contributed by atoms with Gasteiger partial charge in [-0.25, -0.2) is 4.68 Å². The van der Waals surface area contributed by atoms with Crippen LogP contribution in [-0.4, -0.2) is 15.7 Å². The number of nitrogens with one attached hydrogen (secondary N) is 1. The van der Waals surface area contributed by atoms with Crippen LogP contribution in [0.4, 0.5) is 5.82 Å². The van der Waals surface area contributed by atoms with E-state index in [0.717, 1.165) is 11.1 Å². The maximum atomic E-state index is 12.3. The third-order valence-electron chi connectivity index (χ3n) is 3.79. The molecular weight excluding hydrogens is 357 g/mol. The fourth-order valence-electron chi connectivity index (χ4n) is 2.45. The highest BCUT2D eigenvalue weighted by Gasteiger charge is 2.10. The van der Waals surface area contributed by atoms with Crippen molar-refractivity contribution in [2.24, 2.45) is 0 Å². The van der Waals surface area contributed by atoms with E-state index in [-0.39, 0.29) is 12.3 Å². The monoisotopic (exact) mass is 373 g/mol. The molecule has 0 fully saturated rings. The van der Waals surface area contributed by atoms with Crippen LogP contribution in [0, 0.1) is 6.92 Å². The predicted molar refractivity (Wildman–Crippen MR) is 101 cm³/mol. The van der Waals surface area contributed by atoms with Crippen molar-refractivity contribution in [3.8, 4) is 0 Å². The Labute approximate surface area is 156 Å². The van der Waals surface area contributed by atoms with Crippen LogP contribution in [0.5, 0.6) is 0 Å². The zero-order chi connectivity index (χ0) is 17.8. The van der Waals surface area contributed by atoms with Crippen molar-refractivity contribution in [1.82, 2.24) is 9.78 Å². The highest BCUT2D eigenvalue weighted by Crippen LogP contribution is 2.23. The van der Waals surface area contributed by atoms with E-state index in [4.69, 9.17) is 23.2 Å². The molecule has 0 spiro atoms. The molecule has 1 amide bonds. The molecule has 2 aromatic carbocycles. The summed E-state index contributed by atoms with van der Waals surface area (Å²) in [5.74, 6) is 0.523. The molecule has 25 heavy (non-hydrogen) atoms. The summed E-state index contributed by atoms with van der Waals surface area (Å²) in [5.41, 5.74) is 3.13. The molecule has 0 aliphatic carbocycles. The number of amides is 1. The van der Waals surface area contributed by atoms with Crippen LogP contribution in [0.3, 0.4) is 0 Å². The van der Waals surface area contributed by atoms with Crippen LogP contribution in [0.15, 0.2) is 54.7 Å². The standard InChI is InChI=1S/C19H17Cl2N3O/c1-13-2-4-14(5-3-13)12-24-18(8-9-22-24)23-19(25)11-15-6-7-16(20)17(21)10-15/h2-10H,11-12H2,1H3,(H,23,25). The van der Waals surface area contributed by atoms with E-state index in [1.807, 2.05) is 6.92 Å². The summed E-state index contributed by atoms with van der Waals surface area (Å²) in [5, 5.41) is 8.09. The Morgan fingerprint density at radius 3 is 2.48 bits per heavy atom. The number of aromatic nitrogens is 2. The lowest BCUT2D eigenvalue weighted by molar-refractivity contribution is -0.115. The molecule has 6 heteroatoms. The van der Waals surface area contributed by atoms with Crippen LogP contribution in [-0.2, 0) is 17.8 Å². The van der Waals surface area contributed by atoms with Gasteiger partial charge in [-0.3, -0.25) is 4.79 Å². The summed E-state index contributed by atoms with van der Waals surface area (Å²) in [6, 6.07) is 15.2. The normalized spacial score (nSPS) is 10.7. The lowest BCUT2D eigenvalue weighted by Gasteiger charge is -2.10. The number of anilines is 1. The third-order valence-corrected chi connectivity index (χ3v) is 4.52. The van der Waals surface area contributed by atoms with Gasteiger partial charge in [0, 0.05) is 6.07 Å². The van der Waals surface area contributed by atoms with Gasteiger partial charge in [0.2, 0.25) is 5.91 Å². The fraction of sp³-hybridized carbons (Fsp3) is 0.158. The number of halogens is 2. The highest BCUT2D eigenvalue weighted by atomic mass is 35.5. The van der Waals surface area contributed by atoms with Gasteiger partial charge in [-0.2, -0.15) is 5.10 Å². The van der Waals surface area contributed by atoms with E-state index in [1.165, 1.54) is 5.56 Å². The second-order valence-electron chi connectivity index (χ2n) is 5.83. The van der Waals surface area contributed by atoms with Crippen molar-refractivity contribution >= 4 is 34.9 Å². The molecular formula is C19H17Cl2N3O. The van der Waals surface area contributed by atoms with Gasteiger partial charge >= 0.3 is 0 Å². The molecule has 128 valence electrons. The summed E-state index contributed by atoms with van der Waals surface area (Å²) >= 11 is 11.9. The van der Waals surface area contributed by atoms with Crippen LogP contribution in [0.1, 0.15) is 16.7 Å². The number of hydrogen-bond acceptors (Lipinski definition) is 2. The summed E-state index contributed by atoms with van der Waals surface area (Å²) < 4.78 is 1.76. The largest absolute Gasteiger partial charge is 0.311 e. The van der Waals surface area contributed by atoms with Crippen molar-refractivity contribution in [2.45, 2.75) is 19.9 Å². The maximum absolute atomic E-state index is 12.3. The first kappa shape index (κ1) is 17.5. The van der Waals surface area contributed by atoms with Gasteiger partial charge in [-0.15, -0.1) is 0 Å². The Kier molecular flexibility index (Phi) is 5.41. The van der Waals surface area contributed by atoms with Gasteiger partial charge in [0.15, 0.2) is 0 Å². The van der Waals surface area contributed by atoms with E-state index in [0.29, 0.717) is 22.4 Å². The summed E-state index contributed by atoms with van der Waals surface area (Å²) in [4.78, 5) is 12.3. The number of benzene rings is 2. The minimum absolute atomic E-state index is 0.135. The van der Waals surface area contributed by atoms with Gasteiger partial charge in [0.05, 0.1) is 29.2 Å². The number of hydrogen-bond donors (Lipinski definition) is 1. The molecule has 0 aliphatic heterocycles. The zero-order valence-corrected chi connectivity index (χ0v) is 15.2. The molecule has 1 aromatic heterocycles. The Morgan fingerprint density at radius 1 is 1.04 bits per heavy atom. The minimum Gasteiger partial charge on any atom is -0.311 e. The Bertz CT molecular complexity index is 888. The average Bonchev–Trinajstić information content (AvgIpc) is 3.00. The molecule has 0 bridgehead atoms. The molecule has 0 saturated heterocycles. The van der Waals surface area contributed by atoms with Crippen LogP contribution in [0.2, 0.25) is 10.0 Å². The first-order chi connectivity index (χ1) is 12.0. The minimum atomic E-state index is -0.135. The molecule has 1 heterocycles. The number of nitrogens with zero attached hydrogens (tertiary/aromatic N) is 2. The van der Waals surface area contributed by atoms with Gasteiger partial charge in [-0.05, 0) is 30.2 Å². The van der Waals surface area contributed by atoms with Gasteiger partial charge in [-0.1, -0.05) is 59.1 Å². The number of aryl methyl sites for hydroxylation is 1. The van der Waals surface area contributed by atoms with Gasteiger partial charge in [0.1, 0.15) is 5.82 Å². The van der Waals surface area contributed by atoms with E-state index < -0.39 is 0 Å². The molecule has 0 unspecified atom stereocenters. The quantitative estimate of drug-likeness (QED) is 0.702. The van der Waals surface area contributed by atoms with Crippen molar-refractivity contribution < 1.29 is 4.79 Å². The molecule has 3 rings (SSSR count). The van der Waals surface area contributed by atoms with E-state index in [1.54, 1.807) is 35.1 Å². The maximum Gasteiger partial charge on any atom is 0.229 e. The van der Waals surface area contributed by atoms with Crippen molar-refractivity contribution in [3.05, 3.63) is 81.5 Å². The van der Waals surface area contributed by atoms with Crippen LogP contribution in [0.25, 0.3) is 0 Å². The Balaban J connectivity index is 1.66. The number of rotatable bonds is 5. The van der Waals surface area contributed by atoms with Gasteiger partial charge < -0.3 is 5.32 Å². The number of carbonyl (C=O) groups excluding carboxylic acids is 1. The molecule has 3 aromatic rings. The first-order valence-electron chi connectivity index (χ1n) is 7.82. The summed E-state index contributed by atoms with van der Waals surface area (Å²) in [7, 11) is 0. The molecule has 1 N–H and O–H groups in total. The highest BCUT2D eigenvalue weighted by molar-refractivity contribution is 6.42. The first-order valence-corrected chi connectivity index (χ1v) is 8.58. The Hall–Kier alpha value is -2.30. The van der Waals surface area contributed by atoms with E-state index in [9.17, 15) is 4.79 Å². The second-order valence-corrected chi connectivity index (χ2v) is 6.65. The lowest BCUT2D eigenvalue weighted by atomic mass is 10.1. The van der Waals surface area contributed by atoms with Crippen molar-refractivity contribution in [2.75, 3.05) is 5.32 Å². The third kappa shape index (κ3) is 4.62. The molecule has 0 atom stereocenters. The second kappa shape index (κ2) is 7.72. The summed E-state index contributed by atoms with van der Waals surface area (Å²) in [6.45, 7) is 2.64. The smallest absolute Gasteiger partial charge is 0.229 e. The topological polar surface area (TPSA) is 46.9 Å². The predicted octanol–water partition coefficient (Wildman–Crippen LogP) is 4.73. The van der Waals surface area contributed by atoms with Gasteiger partial charge in [0.25, 0.3) is 0 Å². The average molecular weight is 374 g/mol. The van der Waals surface area contributed by atoms with E-state index >= 15 is 0 Å².